The summed E-state index contributed by atoms with van der Waals surface area (Å²) in [6, 6.07) is 11.6. The molecule has 0 aliphatic rings. The molecule has 0 bridgehead atoms. The molecule has 0 saturated heterocycles. The second kappa shape index (κ2) is 6.68. The van der Waals surface area contributed by atoms with E-state index in [0.717, 1.165) is 12.5 Å². The lowest BCUT2D eigenvalue weighted by molar-refractivity contribution is 0.0339. The van der Waals surface area contributed by atoms with Gasteiger partial charge in [0.05, 0.1) is 0 Å². The standard InChI is InChI=1S/C16H28O2Si/c1-15(2,3)17-19(18-16(4,5)6)13-12-14-10-8-7-9-11-14/h7-11,19H,12-13H2,1-6H3. The Bertz CT molecular complexity index is 347. The zero-order valence-corrected chi connectivity index (χ0v) is 14.3. The first-order chi connectivity index (χ1) is 8.66. The van der Waals surface area contributed by atoms with Crippen molar-refractivity contribution in [2.45, 2.75) is 65.2 Å². The van der Waals surface area contributed by atoms with Crippen LogP contribution in [-0.2, 0) is 15.3 Å². The van der Waals surface area contributed by atoms with E-state index < -0.39 is 9.28 Å². The summed E-state index contributed by atoms with van der Waals surface area (Å²) in [6.45, 7) is 12.6. The second-order valence-corrected chi connectivity index (χ2v) is 8.82. The van der Waals surface area contributed by atoms with Crippen LogP contribution in [0.4, 0.5) is 0 Å². The molecular formula is C16H28O2Si. The van der Waals surface area contributed by atoms with Crippen molar-refractivity contribution in [1.29, 1.82) is 0 Å². The van der Waals surface area contributed by atoms with E-state index in [1.165, 1.54) is 5.56 Å². The van der Waals surface area contributed by atoms with Crippen molar-refractivity contribution < 1.29 is 8.85 Å². The van der Waals surface area contributed by atoms with Gasteiger partial charge in [-0.1, -0.05) is 30.3 Å². The Kier molecular flexibility index (Phi) is 5.77. The van der Waals surface area contributed by atoms with Gasteiger partial charge in [-0.05, 0) is 59.6 Å². The van der Waals surface area contributed by atoms with E-state index in [4.69, 9.17) is 8.85 Å². The van der Waals surface area contributed by atoms with Gasteiger partial charge in [0.1, 0.15) is 0 Å². The SMILES string of the molecule is CC(C)(C)O[SiH](CCc1ccccc1)OC(C)(C)C. The van der Waals surface area contributed by atoms with Gasteiger partial charge >= 0.3 is 9.28 Å². The average Bonchev–Trinajstić information content (AvgIpc) is 2.23. The highest BCUT2D eigenvalue weighted by atomic mass is 28.3. The van der Waals surface area contributed by atoms with Crippen LogP contribution in [-0.4, -0.2) is 20.5 Å². The number of benzene rings is 1. The van der Waals surface area contributed by atoms with Crippen LogP contribution in [0.2, 0.25) is 6.04 Å². The molecule has 0 atom stereocenters. The van der Waals surface area contributed by atoms with Crippen molar-refractivity contribution in [3.8, 4) is 0 Å². The molecule has 0 aliphatic heterocycles. The summed E-state index contributed by atoms with van der Waals surface area (Å²) < 4.78 is 12.3. The predicted molar refractivity (Wildman–Crippen MR) is 83.8 cm³/mol. The molecule has 0 aromatic heterocycles. The molecule has 19 heavy (non-hydrogen) atoms. The minimum Gasteiger partial charge on any atom is -0.392 e. The molecule has 2 nitrogen and oxygen atoms in total. The maximum absolute atomic E-state index is 6.15. The summed E-state index contributed by atoms with van der Waals surface area (Å²) in [4.78, 5) is 0. The van der Waals surface area contributed by atoms with Gasteiger partial charge in [0.2, 0.25) is 0 Å². The van der Waals surface area contributed by atoms with Crippen LogP contribution in [0.25, 0.3) is 0 Å². The van der Waals surface area contributed by atoms with Gasteiger partial charge in [-0.3, -0.25) is 0 Å². The van der Waals surface area contributed by atoms with Crippen molar-refractivity contribution >= 4 is 9.28 Å². The molecule has 0 unspecified atom stereocenters. The smallest absolute Gasteiger partial charge is 0.322 e. The van der Waals surface area contributed by atoms with Crippen LogP contribution < -0.4 is 0 Å². The van der Waals surface area contributed by atoms with Gasteiger partial charge in [-0.15, -0.1) is 0 Å². The van der Waals surface area contributed by atoms with Crippen molar-refractivity contribution in [2.75, 3.05) is 0 Å². The fourth-order valence-electron chi connectivity index (χ4n) is 1.86. The van der Waals surface area contributed by atoms with Gasteiger partial charge < -0.3 is 8.85 Å². The largest absolute Gasteiger partial charge is 0.392 e. The van der Waals surface area contributed by atoms with Crippen LogP contribution in [0, 0.1) is 0 Å². The lowest BCUT2D eigenvalue weighted by Crippen LogP contribution is -2.39. The van der Waals surface area contributed by atoms with Crippen molar-refractivity contribution in [3.05, 3.63) is 35.9 Å². The molecule has 3 heteroatoms. The van der Waals surface area contributed by atoms with Gasteiger partial charge in [0.15, 0.2) is 0 Å². The number of rotatable bonds is 5. The zero-order chi connectivity index (χ0) is 14.5. The average molecular weight is 280 g/mol. The fourth-order valence-corrected chi connectivity index (χ4v) is 4.29. The molecule has 0 saturated carbocycles. The lowest BCUT2D eigenvalue weighted by Gasteiger charge is -2.32. The maximum Gasteiger partial charge on any atom is 0.322 e. The second-order valence-electron chi connectivity index (χ2n) is 6.91. The molecule has 1 rings (SSSR count). The third kappa shape index (κ3) is 8.19. The van der Waals surface area contributed by atoms with E-state index in [1.807, 2.05) is 0 Å². The van der Waals surface area contributed by atoms with Gasteiger partial charge in [0.25, 0.3) is 0 Å². The van der Waals surface area contributed by atoms with E-state index in [9.17, 15) is 0 Å². The van der Waals surface area contributed by atoms with E-state index >= 15 is 0 Å². The summed E-state index contributed by atoms with van der Waals surface area (Å²) in [6.07, 6.45) is 1.03. The molecule has 0 heterocycles. The molecule has 0 aliphatic carbocycles. The summed E-state index contributed by atoms with van der Waals surface area (Å²) >= 11 is 0. The molecule has 1 aromatic rings. The number of hydrogen-bond donors (Lipinski definition) is 0. The van der Waals surface area contributed by atoms with Crippen molar-refractivity contribution in [2.24, 2.45) is 0 Å². The van der Waals surface area contributed by atoms with Crippen molar-refractivity contribution in [3.63, 3.8) is 0 Å². The highest BCUT2D eigenvalue weighted by Gasteiger charge is 2.26. The van der Waals surface area contributed by atoms with Crippen molar-refractivity contribution in [1.82, 2.24) is 0 Å². The van der Waals surface area contributed by atoms with E-state index in [2.05, 4.69) is 71.9 Å². The van der Waals surface area contributed by atoms with Crippen LogP contribution in [0.1, 0.15) is 47.1 Å². The summed E-state index contributed by atoms with van der Waals surface area (Å²) in [5, 5.41) is 0. The Morgan fingerprint density at radius 2 is 1.32 bits per heavy atom. The Balaban J connectivity index is 2.59. The first kappa shape index (κ1) is 16.4. The summed E-state index contributed by atoms with van der Waals surface area (Å²) in [7, 11) is -1.65. The van der Waals surface area contributed by atoms with E-state index in [1.54, 1.807) is 0 Å². The fraction of sp³-hybridized carbons (Fsp3) is 0.625. The molecule has 0 N–H and O–H groups in total. The number of hydrogen-bond acceptors (Lipinski definition) is 2. The number of aryl methyl sites for hydroxylation is 1. The third-order valence-corrected chi connectivity index (χ3v) is 5.18. The summed E-state index contributed by atoms with van der Waals surface area (Å²) in [5.74, 6) is 0. The minimum atomic E-state index is -1.65. The normalized spacial score (nSPS) is 13.0. The third-order valence-electron chi connectivity index (χ3n) is 2.48. The Hall–Kier alpha value is -0.643. The first-order valence-electron chi connectivity index (χ1n) is 7.05. The quantitative estimate of drug-likeness (QED) is 0.757. The van der Waals surface area contributed by atoms with Gasteiger partial charge in [-0.2, -0.15) is 0 Å². The Morgan fingerprint density at radius 3 is 1.74 bits per heavy atom. The monoisotopic (exact) mass is 280 g/mol. The van der Waals surface area contributed by atoms with Gasteiger partial charge in [0, 0.05) is 11.2 Å². The molecule has 108 valence electrons. The van der Waals surface area contributed by atoms with E-state index in [0.29, 0.717) is 0 Å². The van der Waals surface area contributed by atoms with Crippen LogP contribution in [0.3, 0.4) is 0 Å². The zero-order valence-electron chi connectivity index (χ0n) is 13.2. The predicted octanol–water partition coefficient (Wildman–Crippen LogP) is 4.08. The highest BCUT2D eigenvalue weighted by Crippen LogP contribution is 2.19. The molecule has 0 radical (unpaired) electrons. The molecule has 1 aromatic carbocycles. The van der Waals surface area contributed by atoms with Crippen LogP contribution in [0.5, 0.6) is 0 Å². The Morgan fingerprint density at radius 1 is 0.842 bits per heavy atom. The molecule has 0 spiro atoms. The topological polar surface area (TPSA) is 18.5 Å². The highest BCUT2D eigenvalue weighted by molar-refractivity contribution is 6.44. The van der Waals surface area contributed by atoms with Crippen LogP contribution >= 0.6 is 0 Å². The summed E-state index contributed by atoms with van der Waals surface area (Å²) in [5.41, 5.74) is 1.10. The van der Waals surface area contributed by atoms with Crippen LogP contribution in [0.15, 0.2) is 30.3 Å². The first-order valence-corrected chi connectivity index (χ1v) is 8.81. The van der Waals surface area contributed by atoms with Gasteiger partial charge in [-0.25, -0.2) is 0 Å². The Labute approximate surface area is 120 Å². The maximum atomic E-state index is 6.15. The van der Waals surface area contributed by atoms with E-state index in [-0.39, 0.29) is 11.2 Å². The lowest BCUT2D eigenvalue weighted by atomic mass is 10.2. The minimum absolute atomic E-state index is 0.126. The molecule has 0 fully saturated rings. The molecule has 0 amide bonds. The molecular weight excluding hydrogens is 252 g/mol.